The van der Waals surface area contributed by atoms with Gasteiger partial charge in [0.15, 0.2) is 6.10 Å². The summed E-state index contributed by atoms with van der Waals surface area (Å²) < 4.78 is 18.6. The molecule has 0 spiro atoms. The molecule has 0 aromatic heterocycles. The number of carbonyl (C=O) groups is 2. The summed E-state index contributed by atoms with van der Waals surface area (Å²) in [5, 5.41) is 21.5. The van der Waals surface area contributed by atoms with Crippen molar-refractivity contribution < 1.29 is 43.4 Å². The van der Waals surface area contributed by atoms with Gasteiger partial charge in [-0.2, -0.15) is 0 Å². The van der Waals surface area contributed by atoms with Crippen LogP contribution in [-0.2, 0) is 23.4 Å². The highest BCUT2D eigenvalue weighted by Crippen LogP contribution is 2.39. The fourth-order valence-electron chi connectivity index (χ4n) is 3.98. The lowest BCUT2D eigenvalue weighted by Crippen LogP contribution is -2.40. The van der Waals surface area contributed by atoms with E-state index in [9.17, 15) is 14.2 Å². The Morgan fingerprint density at radius 3 is 1.90 bits per heavy atom. The molecule has 11 heteroatoms. The predicted molar refractivity (Wildman–Crippen MR) is 102 cm³/mol. The molecular weight excluding hydrogens is 405 g/mol. The fourth-order valence-corrected chi connectivity index (χ4v) is 4.44. The van der Waals surface area contributed by atoms with Crippen LogP contribution >= 0.6 is 7.82 Å². The number of cyclic esters (lactones) is 1. The molecule has 0 aromatic rings. The number of aliphatic hydroxyl groups excluding tert-OH is 2. The van der Waals surface area contributed by atoms with E-state index in [4.69, 9.17) is 20.0 Å². The minimum absolute atomic E-state index is 0.841. The molecule has 0 bridgehead atoms. The first kappa shape index (κ1) is 24.4. The van der Waals surface area contributed by atoms with Crippen molar-refractivity contribution in [3.05, 3.63) is 0 Å². The first-order chi connectivity index (χ1) is 13.7. The van der Waals surface area contributed by atoms with Gasteiger partial charge >= 0.3 is 13.8 Å². The van der Waals surface area contributed by atoms with Crippen LogP contribution in [0.4, 0.5) is 0 Å². The number of phosphoric ester groups is 1. The molecule has 3 rings (SSSR count). The molecule has 0 aromatic carbocycles. The summed E-state index contributed by atoms with van der Waals surface area (Å²) in [6, 6.07) is 1.74. The highest BCUT2D eigenvalue weighted by molar-refractivity contribution is 7.46. The molecule has 1 saturated heterocycles. The number of hydrogen-bond acceptors (Lipinski definition) is 8. The summed E-state index contributed by atoms with van der Waals surface area (Å²) in [5.41, 5.74) is 0. The van der Waals surface area contributed by atoms with E-state index in [1.807, 2.05) is 0 Å². The lowest BCUT2D eigenvalue weighted by Gasteiger charge is -2.30. The molecule has 10 nitrogen and oxygen atoms in total. The number of Topliss-reactive ketones (excluding diaryl/α,β-unsaturated/α-hetero) is 1. The van der Waals surface area contributed by atoms with Crippen molar-refractivity contribution in [1.29, 1.82) is 0 Å². The molecule has 1 aliphatic heterocycles. The largest absolute Gasteiger partial charge is 0.470 e. The average molecular weight is 437 g/mol. The maximum Gasteiger partial charge on any atom is 0.470 e. The maximum atomic E-state index is 11.3. The van der Waals surface area contributed by atoms with E-state index in [0.29, 0.717) is 0 Å². The second-order valence-corrected chi connectivity index (χ2v) is 9.01. The zero-order chi connectivity index (χ0) is 21.4. The number of phosphoric acid groups is 1. The number of rotatable bonds is 6. The van der Waals surface area contributed by atoms with Gasteiger partial charge in [0.05, 0.1) is 6.61 Å². The van der Waals surface area contributed by atoms with E-state index in [1.165, 1.54) is 64.2 Å². The summed E-state index contributed by atoms with van der Waals surface area (Å²) in [6.45, 7) is -0.841. The fraction of sp³-hybridized carbons (Fsp3) is 0.889. The molecule has 0 amide bonds. The minimum atomic E-state index is -5.02. The SMILES string of the molecule is C1CCC(NC2CCCCC2)CC1.O=C1O[C@H]([C@H](O)CO)C(=O)C1OP(=O)(O)O. The van der Waals surface area contributed by atoms with Gasteiger partial charge in [-0.25, -0.2) is 9.36 Å². The highest BCUT2D eigenvalue weighted by Gasteiger charge is 2.50. The molecule has 0 radical (unpaired) electrons. The number of aliphatic hydroxyl groups is 2. The molecular formula is C18H32NO9P. The Kier molecular flexibility index (Phi) is 9.68. The van der Waals surface area contributed by atoms with E-state index < -0.39 is 44.5 Å². The van der Waals surface area contributed by atoms with Gasteiger partial charge in [-0.1, -0.05) is 38.5 Å². The van der Waals surface area contributed by atoms with Crippen molar-refractivity contribution in [2.24, 2.45) is 0 Å². The van der Waals surface area contributed by atoms with Crippen LogP contribution < -0.4 is 5.32 Å². The number of hydrogen-bond donors (Lipinski definition) is 5. The summed E-state index contributed by atoms with van der Waals surface area (Å²) in [5.74, 6) is -2.46. The normalized spacial score (nSPS) is 27.9. The van der Waals surface area contributed by atoms with Gasteiger partial charge in [0.25, 0.3) is 0 Å². The smallest absolute Gasteiger partial charge is 0.449 e. The van der Waals surface area contributed by atoms with Crippen molar-refractivity contribution in [3.8, 4) is 0 Å². The van der Waals surface area contributed by atoms with Crippen LogP contribution in [0.1, 0.15) is 64.2 Å². The van der Waals surface area contributed by atoms with Gasteiger partial charge in [0.1, 0.15) is 6.10 Å². The molecule has 3 fully saturated rings. The van der Waals surface area contributed by atoms with E-state index in [2.05, 4.69) is 14.6 Å². The molecule has 29 heavy (non-hydrogen) atoms. The third-order valence-corrected chi connectivity index (χ3v) is 5.94. The predicted octanol–water partition coefficient (Wildman–Crippen LogP) is 0.553. The first-order valence-electron chi connectivity index (χ1n) is 10.2. The van der Waals surface area contributed by atoms with Gasteiger partial charge in [-0.15, -0.1) is 0 Å². The molecule has 5 N–H and O–H groups in total. The van der Waals surface area contributed by atoms with Gasteiger partial charge in [-0.3, -0.25) is 9.32 Å². The van der Waals surface area contributed by atoms with E-state index >= 15 is 0 Å². The number of carbonyl (C=O) groups excluding carboxylic acids is 2. The number of nitrogens with one attached hydrogen (secondary N) is 1. The van der Waals surface area contributed by atoms with Gasteiger partial charge in [0.2, 0.25) is 11.9 Å². The summed E-state index contributed by atoms with van der Waals surface area (Å²) >= 11 is 0. The Morgan fingerprint density at radius 2 is 1.48 bits per heavy atom. The zero-order valence-electron chi connectivity index (χ0n) is 16.4. The standard InChI is InChI=1S/C12H23N.C6H9O9P/c1-3-7-11(8-4-1)13-12-9-5-2-6-10-12;7-1-2(8)4-3(9)5(6(10)14-4)15-16(11,12)13/h11-13H,1-10H2;2,4-5,7-8H,1H2,(H2,11,12,13)/t;2-,4-,5?/m.1/s1. The van der Waals surface area contributed by atoms with Gasteiger partial charge in [0, 0.05) is 12.1 Å². The van der Waals surface area contributed by atoms with E-state index in [1.54, 1.807) is 0 Å². The van der Waals surface area contributed by atoms with Crippen molar-refractivity contribution in [1.82, 2.24) is 5.32 Å². The quantitative estimate of drug-likeness (QED) is 0.225. The third-order valence-electron chi connectivity index (χ3n) is 5.46. The first-order valence-corrected chi connectivity index (χ1v) is 11.8. The molecule has 3 atom stereocenters. The Morgan fingerprint density at radius 1 is 1.00 bits per heavy atom. The average Bonchev–Trinajstić information content (AvgIpc) is 2.96. The van der Waals surface area contributed by atoms with E-state index in [0.717, 1.165) is 12.1 Å². The molecule has 1 unspecified atom stereocenters. The lowest BCUT2D eigenvalue weighted by molar-refractivity contribution is -0.151. The topological polar surface area (TPSA) is 163 Å². The summed E-state index contributed by atoms with van der Waals surface area (Å²) in [6.07, 6.45) is 9.16. The molecule has 2 aliphatic carbocycles. The van der Waals surface area contributed by atoms with Crippen molar-refractivity contribution in [2.45, 2.75) is 94.6 Å². The second-order valence-electron chi connectivity index (χ2n) is 7.82. The molecule has 2 saturated carbocycles. The zero-order valence-corrected chi connectivity index (χ0v) is 17.3. The maximum absolute atomic E-state index is 11.3. The van der Waals surface area contributed by atoms with Crippen molar-refractivity contribution in [2.75, 3.05) is 6.61 Å². The van der Waals surface area contributed by atoms with Crippen LogP contribution in [0.2, 0.25) is 0 Å². The third kappa shape index (κ3) is 8.05. The number of ketones is 1. The summed E-state index contributed by atoms with van der Waals surface area (Å²) in [7, 11) is -5.02. The van der Waals surface area contributed by atoms with Crippen LogP contribution in [0, 0.1) is 0 Å². The van der Waals surface area contributed by atoms with Crippen LogP contribution in [-0.4, -0.2) is 68.8 Å². The Hall–Kier alpha value is -0.870. The Labute approximate surface area is 170 Å². The van der Waals surface area contributed by atoms with Crippen molar-refractivity contribution in [3.63, 3.8) is 0 Å². The second kappa shape index (κ2) is 11.5. The van der Waals surface area contributed by atoms with Crippen LogP contribution in [0.15, 0.2) is 0 Å². The Bertz CT molecular complexity index is 568. The van der Waals surface area contributed by atoms with Crippen LogP contribution in [0.5, 0.6) is 0 Å². The molecule has 168 valence electrons. The lowest BCUT2D eigenvalue weighted by atomic mass is 9.91. The van der Waals surface area contributed by atoms with Crippen LogP contribution in [0.3, 0.4) is 0 Å². The Balaban J connectivity index is 0.000000211. The summed E-state index contributed by atoms with van der Waals surface area (Å²) in [4.78, 5) is 39.1. The van der Waals surface area contributed by atoms with Crippen molar-refractivity contribution >= 4 is 19.6 Å². The molecule has 3 aliphatic rings. The van der Waals surface area contributed by atoms with Crippen LogP contribution in [0.25, 0.3) is 0 Å². The van der Waals surface area contributed by atoms with E-state index in [-0.39, 0.29) is 0 Å². The number of esters is 1. The molecule has 1 heterocycles. The highest BCUT2D eigenvalue weighted by atomic mass is 31.2. The van der Waals surface area contributed by atoms with Gasteiger partial charge < -0.3 is 30.1 Å². The monoisotopic (exact) mass is 437 g/mol. The minimum Gasteiger partial charge on any atom is -0.449 e. The van der Waals surface area contributed by atoms with Gasteiger partial charge in [-0.05, 0) is 25.7 Å². The number of ether oxygens (including phenoxy) is 1.